The van der Waals surface area contributed by atoms with E-state index < -0.39 is 0 Å². The summed E-state index contributed by atoms with van der Waals surface area (Å²) in [6.07, 6.45) is 1.79. The number of hydrogen-bond acceptors (Lipinski definition) is 5. The zero-order valence-corrected chi connectivity index (χ0v) is 10.9. The zero-order valence-electron chi connectivity index (χ0n) is 10.1. The summed E-state index contributed by atoms with van der Waals surface area (Å²) in [5.74, 6) is 6.32. The van der Waals surface area contributed by atoms with Crippen molar-refractivity contribution in [3.05, 3.63) is 35.7 Å². The van der Waals surface area contributed by atoms with Gasteiger partial charge in [0.25, 0.3) is 0 Å². The minimum absolute atomic E-state index is 0. The predicted octanol–water partition coefficient (Wildman–Crippen LogP) is 2.50. The van der Waals surface area contributed by atoms with Crippen molar-refractivity contribution < 1.29 is 9.36 Å². The van der Waals surface area contributed by atoms with Crippen LogP contribution >= 0.6 is 12.4 Å². The Balaban J connectivity index is 0.00000162. The number of rotatable bonds is 5. The third kappa shape index (κ3) is 3.53. The lowest BCUT2D eigenvalue weighted by Gasteiger charge is -2.00. The molecular formula is C12H16ClN3O2. The molecule has 0 fully saturated rings. The van der Waals surface area contributed by atoms with E-state index in [4.69, 9.17) is 10.4 Å². The minimum atomic E-state index is 0. The SMILES string of the molecule is CCCc1nc(-c2cccc(CON)c2)no1.Cl. The van der Waals surface area contributed by atoms with Gasteiger partial charge in [0.15, 0.2) is 0 Å². The molecule has 1 heterocycles. The van der Waals surface area contributed by atoms with E-state index in [1.165, 1.54) is 0 Å². The lowest BCUT2D eigenvalue weighted by molar-refractivity contribution is 0.124. The van der Waals surface area contributed by atoms with Gasteiger partial charge in [-0.25, -0.2) is 5.90 Å². The van der Waals surface area contributed by atoms with Crippen molar-refractivity contribution in [2.75, 3.05) is 0 Å². The number of nitrogens with zero attached hydrogens (tertiary/aromatic N) is 2. The smallest absolute Gasteiger partial charge is 0.226 e. The van der Waals surface area contributed by atoms with Crippen LogP contribution in [0.2, 0.25) is 0 Å². The van der Waals surface area contributed by atoms with Crippen LogP contribution in [0.1, 0.15) is 24.8 Å². The molecular weight excluding hydrogens is 254 g/mol. The van der Waals surface area contributed by atoms with Crippen LogP contribution in [0.5, 0.6) is 0 Å². The van der Waals surface area contributed by atoms with Crippen LogP contribution < -0.4 is 5.90 Å². The van der Waals surface area contributed by atoms with E-state index in [9.17, 15) is 0 Å². The van der Waals surface area contributed by atoms with Crippen LogP contribution in [0.3, 0.4) is 0 Å². The average Bonchev–Trinajstić information content (AvgIpc) is 2.79. The molecule has 5 nitrogen and oxygen atoms in total. The van der Waals surface area contributed by atoms with Gasteiger partial charge in [0, 0.05) is 12.0 Å². The van der Waals surface area contributed by atoms with Crippen LogP contribution in [0.25, 0.3) is 11.4 Å². The number of aromatic nitrogens is 2. The summed E-state index contributed by atoms with van der Waals surface area (Å²) >= 11 is 0. The molecule has 2 N–H and O–H groups in total. The van der Waals surface area contributed by atoms with Crippen molar-refractivity contribution in [3.8, 4) is 11.4 Å². The maximum absolute atomic E-state index is 5.14. The molecule has 0 amide bonds. The molecule has 0 atom stereocenters. The summed E-state index contributed by atoms with van der Waals surface area (Å²) in [6, 6.07) is 7.72. The molecule has 18 heavy (non-hydrogen) atoms. The molecule has 0 unspecified atom stereocenters. The summed E-state index contributed by atoms with van der Waals surface area (Å²) in [5, 5.41) is 3.95. The number of aryl methyl sites for hydroxylation is 1. The van der Waals surface area contributed by atoms with Gasteiger partial charge >= 0.3 is 0 Å². The van der Waals surface area contributed by atoms with E-state index in [1.54, 1.807) is 0 Å². The van der Waals surface area contributed by atoms with Gasteiger partial charge in [0.05, 0.1) is 6.61 Å². The first kappa shape index (κ1) is 14.6. The average molecular weight is 270 g/mol. The molecule has 1 aromatic carbocycles. The van der Waals surface area contributed by atoms with E-state index in [1.807, 2.05) is 24.3 Å². The molecule has 0 radical (unpaired) electrons. The van der Waals surface area contributed by atoms with Crippen molar-refractivity contribution >= 4 is 12.4 Å². The monoisotopic (exact) mass is 269 g/mol. The third-order valence-corrected chi connectivity index (χ3v) is 2.37. The van der Waals surface area contributed by atoms with E-state index in [0.29, 0.717) is 18.3 Å². The van der Waals surface area contributed by atoms with Gasteiger partial charge in [-0.15, -0.1) is 12.4 Å². The van der Waals surface area contributed by atoms with Crippen molar-refractivity contribution in [1.82, 2.24) is 10.1 Å². The van der Waals surface area contributed by atoms with E-state index in [-0.39, 0.29) is 12.4 Å². The molecule has 0 bridgehead atoms. The lowest BCUT2D eigenvalue weighted by Crippen LogP contribution is -1.98. The van der Waals surface area contributed by atoms with Crippen molar-refractivity contribution in [1.29, 1.82) is 0 Å². The normalized spacial score (nSPS) is 10.1. The van der Waals surface area contributed by atoms with E-state index in [0.717, 1.165) is 24.0 Å². The van der Waals surface area contributed by atoms with E-state index >= 15 is 0 Å². The maximum atomic E-state index is 5.14. The highest BCUT2D eigenvalue weighted by molar-refractivity contribution is 5.85. The standard InChI is InChI=1S/C12H15N3O2.ClH/c1-2-4-11-14-12(15-17-11)10-6-3-5-9(7-10)8-16-13;/h3,5-7H,2,4,8,13H2,1H3;1H. The van der Waals surface area contributed by atoms with Crippen LogP contribution in [-0.2, 0) is 17.9 Å². The molecule has 1 aromatic heterocycles. The summed E-state index contributed by atoms with van der Waals surface area (Å²) < 4.78 is 5.14. The quantitative estimate of drug-likeness (QED) is 0.844. The van der Waals surface area contributed by atoms with E-state index in [2.05, 4.69) is 21.9 Å². The largest absolute Gasteiger partial charge is 0.339 e. The van der Waals surface area contributed by atoms with Crippen molar-refractivity contribution in [3.63, 3.8) is 0 Å². The van der Waals surface area contributed by atoms with Gasteiger partial charge in [-0.3, -0.25) is 4.84 Å². The molecule has 2 rings (SSSR count). The summed E-state index contributed by atoms with van der Waals surface area (Å²) in [4.78, 5) is 8.92. The highest BCUT2D eigenvalue weighted by Gasteiger charge is 2.08. The first-order valence-electron chi connectivity index (χ1n) is 5.57. The van der Waals surface area contributed by atoms with Crippen LogP contribution in [0.15, 0.2) is 28.8 Å². The Morgan fingerprint density at radius 1 is 1.39 bits per heavy atom. The molecule has 6 heteroatoms. The molecule has 0 aliphatic rings. The first-order valence-corrected chi connectivity index (χ1v) is 5.57. The topological polar surface area (TPSA) is 74.2 Å². The zero-order chi connectivity index (χ0) is 12.1. The number of nitrogens with two attached hydrogens (primary N) is 1. The lowest BCUT2D eigenvalue weighted by atomic mass is 10.1. The molecule has 98 valence electrons. The van der Waals surface area contributed by atoms with Gasteiger partial charge < -0.3 is 4.52 Å². The Hall–Kier alpha value is -1.43. The van der Waals surface area contributed by atoms with Crippen LogP contribution in [-0.4, -0.2) is 10.1 Å². The number of halogens is 1. The maximum Gasteiger partial charge on any atom is 0.226 e. The minimum Gasteiger partial charge on any atom is -0.339 e. The fourth-order valence-electron chi connectivity index (χ4n) is 1.58. The fraction of sp³-hybridized carbons (Fsp3) is 0.333. The number of hydrogen-bond donors (Lipinski definition) is 1. The second kappa shape index (κ2) is 7.10. The molecule has 0 aliphatic heterocycles. The van der Waals surface area contributed by atoms with Gasteiger partial charge in [0.2, 0.25) is 11.7 Å². The summed E-state index contributed by atoms with van der Waals surface area (Å²) in [5.41, 5.74) is 1.89. The van der Waals surface area contributed by atoms with Crippen LogP contribution in [0.4, 0.5) is 0 Å². The highest BCUT2D eigenvalue weighted by atomic mass is 35.5. The molecule has 0 spiro atoms. The molecule has 0 aliphatic carbocycles. The van der Waals surface area contributed by atoms with Gasteiger partial charge in [-0.05, 0) is 18.1 Å². The molecule has 2 aromatic rings. The summed E-state index contributed by atoms with van der Waals surface area (Å²) in [7, 11) is 0. The summed E-state index contributed by atoms with van der Waals surface area (Å²) in [6.45, 7) is 2.44. The van der Waals surface area contributed by atoms with Crippen molar-refractivity contribution in [2.24, 2.45) is 5.90 Å². The molecule has 0 saturated heterocycles. The number of benzene rings is 1. The first-order chi connectivity index (χ1) is 8.33. The van der Waals surface area contributed by atoms with Gasteiger partial charge in [-0.2, -0.15) is 4.98 Å². The Morgan fingerprint density at radius 3 is 2.94 bits per heavy atom. The third-order valence-electron chi connectivity index (χ3n) is 2.37. The van der Waals surface area contributed by atoms with Crippen molar-refractivity contribution in [2.45, 2.75) is 26.4 Å². The fourth-order valence-corrected chi connectivity index (χ4v) is 1.58. The Kier molecular flexibility index (Phi) is 5.77. The van der Waals surface area contributed by atoms with Crippen LogP contribution in [0, 0.1) is 0 Å². The highest BCUT2D eigenvalue weighted by Crippen LogP contribution is 2.18. The van der Waals surface area contributed by atoms with Gasteiger partial charge in [0.1, 0.15) is 0 Å². The molecule has 0 saturated carbocycles. The second-order valence-corrected chi connectivity index (χ2v) is 3.77. The predicted molar refractivity (Wildman–Crippen MR) is 70.0 cm³/mol. The Labute approximate surface area is 112 Å². The second-order valence-electron chi connectivity index (χ2n) is 3.77. The Morgan fingerprint density at radius 2 is 2.22 bits per heavy atom. The Bertz CT molecular complexity index is 488. The van der Waals surface area contributed by atoms with Gasteiger partial charge in [-0.1, -0.05) is 30.3 Å².